The average molecular weight is 259 g/mol. The highest BCUT2D eigenvalue weighted by atomic mass is 35.5. The lowest BCUT2D eigenvalue weighted by atomic mass is 9.99. The van der Waals surface area contributed by atoms with Gasteiger partial charge in [-0.2, -0.15) is 0 Å². The molecule has 0 saturated carbocycles. The first kappa shape index (κ1) is 13.6. The Morgan fingerprint density at radius 2 is 2.24 bits per heavy atom. The first-order valence-corrected chi connectivity index (χ1v) is 5.71. The van der Waals surface area contributed by atoms with Gasteiger partial charge in [0, 0.05) is 6.20 Å². The van der Waals surface area contributed by atoms with Gasteiger partial charge in [-0.1, -0.05) is 31.9 Å². The number of carboxylic acids is 1. The van der Waals surface area contributed by atoms with Crippen molar-refractivity contribution in [3.05, 3.63) is 23.0 Å². The van der Waals surface area contributed by atoms with Gasteiger partial charge in [-0.15, -0.1) is 0 Å². The third-order valence-corrected chi connectivity index (χ3v) is 2.88. The van der Waals surface area contributed by atoms with Crippen LogP contribution in [0.2, 0.25) is 5.02 Å². The molecule has 0 fully saturated rings. The van der Waals surface area contributed by atoms with Gasteiger partial charge in [-0.3, -0.25) is 4.79 Å². The Morgan fingerprint density at radius 3 is 2.65 bits per heavy atom. The number of aromatic nitrogens is 1. The van der Waals surface area contributed by atoms with E-state index < -0.39 is 17.9 Å². The summed E-state index contributed by atoms with van der Waals surface area (Å²) in [4.78, 5) is 25.4. The maximum Gasteiger partial charge on any atom is 0.326 e. The summed E-state index contributed by atoms with van der Waals surface area (Å²) < 4.78 is 0. The Bertz CT molecular complexity index is 417. The number of amides is 1. The van der Waals surface area contributed by atoms with Gasteiger partial charge < -0.3 is 15.4 Å². The van der Waals surface area contributed by atoms with Gasteiger partial charge in [0.05, 0.1) is 5.02 Å². The van der Waals surface area contributed by atoms with Crippen molar-refractivity contribution in [1.82, 2.24) is 10.3 Å². The van der Waals surface area contributed by atoms with Gasteiger partial charge >= 0.3 is 5.97 Å². The van der Waals surface area contributed by atoms with Gasteiger partial charge in [0.1, 0.15) is 11.7 Å². The number of aliphatic carboxylic acids is 1. The molecule has 0 radical (unpaired) electrons. The molecule has 0 aliphatic carbocycles. The van der Waals surface area contributed by atoms with E-state index in [-0.39, 0.29) is 11.6 Å². The number of carboxylic acid groups (broad SMARTS) is 1. The molecule has 0 aromatic carbocycles. The Hall–Kier alpha value is -1.49. The lowest BCUT2D eigenvalue weighted by Gasteiger charge is -2.19. The second kappa shape index (κ2) is 5.72. The molecule has 1 heterocycles. The highest BCUT2D eigenvalue weighted by Gasteiger charge is 2.26. The van der Waals surface area contributed by atoms with Crippen molar-refractivity contribution >= 4 is 23.5 Å². The van der Waals surface area contributed by atoms with Crippen molar-refractivity contribution < 1.29 is 14.7 Å². The number of carbonyl (C=O) groups excluding carboxylic acids is 1. The zero-order valence-electron chi connectivity index (χ0n) is 9.66. The molecule has 1 aromatic heterocycles. The van der Waals surface area contributed by atoms with Crippen LogP contribution in [0.25, 0.3) is 0 Å². The van der Waals surface area contributed by atoms with E-state index in [2.05, 4.69) is 10.3 Å². The van der Waals surface area contributed by atoms with Crippen LogP contribution < -0.4 is 5.32 Å². The van der Waals surface area contributed by atoms with Gasteiger partial charge in [0.15, 0.2) is 0 Å². The summed E-state index contributed by atoms with van der Waals surface area (Å²) in [7, 11) is 0. The molecule has 2 atom stereocenters. The zero-order chi connectivity index (χ0) is 13.0. The van der Waals surface area contributed by atoms with Gasteiger partial charge in [-0.05, 0) is 12.0 Å². The van der Waals surface area contributed by atoms with Crippen LogP contribution in [0.15, 0.2) is 12.3 Å². The van der Waals surface area contributed by atoms with E-state index >= 15 is 0 Å². The molecule has 2 unspecified atom stereocenters. The molecule has 0 spiro atoms. The molecule has 1 amide bonds. The summed E-state index contributed by atoms with van der Waals surface area (Å²) in [6.07, 6.45) is 2.14. The number of nitrogens with one attached hydrogen (secondary N) is 2. The van der Waals surface area contributed by atoms with E-state index in [1.807, 2.05) is 6.92 Å². The lowest BCUT2D eigenvalue weighted by Crippen LogP contribution is -2.45. The van der Waals surface area contributed by atoms with E-state index in [0.29, 0.717) is 11.4 Å². The second-order valence-electron chi connectivity index (χ2n) is 3.91. The van der Waals surface area contributed by atoms with E-state index in [1.165, 1.54) is 12.3 Å². The van der Waals surface area contributed by atoms with Crippen molar-refractivity contribution in [3.63, 3.8) is 0 Å². The summed E-state index contributed by atoms with van der Waals surface area (Å²) >= 11 is 5.67. The SMILES string of the molecule is CCC(C)C(NC(=O)c1cc(Cl)c[nH]1)C(=O)O. The quantitative estimate of drug-likeness (QED) is 0.754. The van der Waals surface area contributed by atoms with Gasteiger partial charge in [-0.25, -0.2) is 4.79 Å². The molecule has 3 N–H and O–H groups in total. The standard InChI is InChI=1S/C11H15ClN2O3/c1-3-6(2)9(11(16)17)14-10(15)8-4-7(12)5-13-8/h4-6,9,13H,3H2,1-2H3,(H,14,15)(H,16,17). The predicted octanol–water partition coefficient (Wildman–Crippen LogP) is 1.90. The van der Waals surface area contributed by atoms with Crippen LogP contribution >= 0.6 is 11.6 Å². The van der Waals surface area contributed by atoms with Crippen LogP contribution in [0, 0.1) is 5.92 Å². The lowest BCUT2D eigenvalue weighted by molar-refractivity contribution is -0.140. The summed E-state index contributed by atoms with van der Waals surface area (Å²) in [6.45, 7) is 3.65. The molecule has 0 aliphatic heterocycles. The minimum absolute atomic E-state index is 0.137. The topological polar surface area (TPSA) is 82.2 Å². The highest BCUT2D eigenvalue weighted by molar-refractivity contribution is 6.30. The third-order valence-electron chi connectivity index (χ3n) is 2.66. The Kier molecular flexibility index (Phi) is 4.57. The Morgan fingerprint density at radius 1 is 1.59 bits per heavy atom. The fourth-order valence-electron chi connectivity index (χ4n) is 1.40. The molecule has 94 valence electrons. The largest absolute Gasteiger partial charge is 0.480 e. The smallest absolute Gasteiger partial charge is 0.326 e. The van der Waals surface area contributed by atoms with Crippen LogP contribution in [-0.4, -0.2) is 28.0 Å². The van der Waals surface area contributed by atoms with Crippen LogP contribution in [-0.2, 0) is 4.79 Å². The van der Waals surface area contributed by atoms with Crippen molar-refractivity contribution in [2.45, 2.75) is 26.3 Å². The van der Waals surface area contributed by atoms with Crippen LogP contribution in [0.3, 0.4) is 0 Å². The minimum Gasteiger partial charge on any atom is -0.480 e. The van der Waals surface area contributed by atoms with Crippen LogP contribution in [0.4, 0.5) is 0 Å². The van der Waals surface area contributed by atoms with Crippen molar-refractivity contribution in [1.29, 1.82) is 0 Å². The number of H-pyrrole nitrogens is 1. The number of carbonyl (C=O) groups is 2. The molecule has 1 aromatic rings. The van der Waals surface area contributed by atoms with E-state index in [9.17, 15) is 9.59 Å². The van der Waals surface area contributed by atoms with Crippen molar-refractivity contribution in [2.75, 3.05) is 0 Å². The van der Waals surface area contributed by atoms with E-state index in [1.54, 1.807) is 6.92 Å². The fourth-order valence-corrected chi connectivity index (χ4v) is 1.56. The molecule has 17 heavy (non-hydrogen) atoms. The van der Waals surface area contributed by atoms with Gasteiger partial charge in [0.25, 0.3) is 5.91 Å². The first-order chi connectivity index (χ1) is 7.95. The predicted molar refractivity (Wildman–Crippen MR) is 64.1 cm³/mol. The molecule has 0 bridgehead atoms. The number of halogens is 1. The number of aromatic amines is 1. The van der Waals surface area contributed by atoms with E-state index in [4.69, 9.17) is 16.7 Å². The summed E-state index contributed by atoms with van der Waals surface area (Å²) in [5, 5.41) is 11.9. The molecule has 5 nitrogen and oxygen atoms in total. The number of rotatable bonds is 5. The molecule has 6 heteroatoms. The molecular weight excluding hydrogens is 244 g/mol. The number of hydrogen-bond acceptors (Lipinski definition) is 2. The maximum atomic E-state index is 11.7. The van der Waals surface area contributed by atoms with Crippen LogP contribution in [0.1, 0.15) is 30.8 Å². The summed E-state index contributed by atoms with van der Waals surface area (Å²) in [5.41, 5.74) is 0.254. The Labute approximate surface area is 104 Å². The fraction of sp³-hybridized carbons (Fsp3) is 0.455. The Balaban J connectivity index is 2.74. The first-order valence-electron chi connectivity index (χ1n) is 5.33. The second-order valence-corrected chi connectivity index (χ2v) is 4.34. The monoisotopic (exact) mass is 258 g/mol. The van der Waals surface area contributed by atoms with Gasteiger partial charge in [0.2, 0.25) is 0 Å². The normalized spacial score (nSPS) is 14.1. The molecule has 0 aliphatic rings. The van der Waals surface area contributed by atoms with Crippen molar-refractivity contribution in [3.8, 4) is 0 Å². The summed E-state index contributed by atoms with van der Waals surface area (Å²) in [6, 6.07) is 0.557. The van der Waals surface area contributed by atoms with Crippen LogP contribution in [0.5, 0.6) is 0 Å². The molecular formula is C11H15ClN2O3. The summed E-state index contributed by atoms with van der Waals surface area (Å²) in [5.74, 6) is -1.64. The highest BCUT2D eigenvalue weighted by Crippen LogP contribution is 2.12. The molecule has 1 rings (SSSR count). The third kappa shape index (κ3) is 3.49. The van der Waals surface area contributed by atoms with Crippen molar-refractivity contribution in [2.24, 2.45) is 5.92 Å². The average Bonchev–Trinajstić information content (AvgIpc) is 2.71. The molecule has 0 saturated heterocycles. The maximum absolute atomic E-state index is 11.7. The minimum atomic E-state index is -1.04. The number of hydrogen-bond donors (Lipinski definition) is 3. The van der Waals surface area contributed by atoms with E-state index in [0.717, 1.165) is 0 Å². The zero-order valence-corrected chi connectivity index (χ0v) is 10.4.